The molecule has 0 spiro atoms. The summed E-state index contributed by atoms with van der Waals surface area (Å²) in [5, 5.41) is 9.64. The predicted octanol–water partition coefficient (Wildman–Crippen LogP) is 4.01. The Morgan fingerprint density at radius 1 is 1.06 bits per heavy atom. The van der Waals surface area contributed by atoms with E-state index in [2.05, 4.69) is 15.5 Å². The standard InChI is InChI=1S/C25H27FN4O4/c1-33-21-12-7-16(15-22(21)34-2)23(24(31)28-18-5-3-4-6-18)30(19-10-8-17(26)9-11-19)25(32)20-13-14-27-29-20/h7-15,18,23H,3-6H2,1-2H3,(H,27,29)(H,28,31)/t23-/m0/s1. The van der Waals surface area contributed by atoms with Gasteiger partial charge < -0.3 is 14.8 Å². The highest BCUT2D eigenvalue weighted by Crippen LogP contribution is 2.35. The Morgan fingerprint density at radius 3 is 2.38 bits per heavy atom. The molecular weight excluding hydrogens is 439 g/mol. The zero-order valence-corrected chi connectivity index (χ0v) is 19.1. The number of aromatic amines is 1. The Labute approximate surface area is 197 Å². The van der Waals surface area contributed by atoms with Crippen LogP contribution in [0, 0.1) is 5.82 Å². The number of carbonyl (C=O) groups excluding carboxylic acids is 2. The second-order valence-corrected chi connectivity index (χ2v) is 8.13. The zero-order chi connectivity index (χ0) is 24.1. The first kappa shape index (κ1) is 23.3. The number of hydrogen-bond donors (Lipinski definition) is 2. The molecule has 0 aliphatic heterocycles. The minimum atomic E-state index is -1.05. The van der Waals surface area contributed by atoms with E-state index in [0.29, 0.717) is 22.7 Å². The maximum atomic E-state index is 13.7. The lowest BCUT2D eigenvalue weighted by Gasteiger charge is -2.32. The minimum absolute atomic E-state index is 0.0347. The Hall–Kier alpha value is -3.88. The third-order valence-corrected chi connectivity index (χ3v) is 5.99. The Morgan fingerprint density at radius 2 is 1.76 bits per heavy atom. The van der Waals surface area contributed by atoms with Gasteiger partial charge in [0.15, 0.2) is 11.5 Å². The summed E-state index contributed by atoms with van der Waals surface area (Å²) in [5.41, 5.74) is 1.08. The van der Waals surface area contributed by atoms with E-state index < -0.39 is 17.8 Å². The summed E-state index contributed by atoms with van der Waals surface area (Å²) in [4.78, 5) is 28.7. The molecule has 9 heteroatoms. The van der Waals surface area contributed by atoms with Crippen molar-refractivity contribution in [1.29, 1.82) is 0 Å². The fourth-order valence-electron chi connectivity index (χ4n) is 4.28. The highest BCUT2D eigenvalue weighted by Gasteiger charge is 2.36. The van der Waals surface area contributed by atoms with Crippen molar-refractivity contribution in [2.24, 2.45) is 0 Å². The third-order valence-electron chi connectivity index (χ3n) is 5.99. The topological polar surface area (TPSA) is 96.5 Å². The van der Waals surface area contributed by atoms with E-state index >= 15 is 0 Å². The highest BCUT2D eigenvalue weighted by molar-refractivity contribution is 6.09. The van der Waals surface area contributed by atoms with Crippen molar-refractivity contribution < 1.29 is 23.5 Å². The number of aromatic nitrogens is 2. The molecule has 34 heavy (non-hydrogen) atoms. The van der Waals surface area contributed by atoms with Crippen LogP contribution in [-0.4, -0.2) is 42.3 Å². The molecule has 2 amide bonds. The third kappa shape index (κ3) is 4.88. The van der Waals surface area contributed by atoms with E-state index in [9.17, 15) is 14.0 Å². The number of rotatable bonds is 8. The first-order valence-electron chi connectivity index (χ1n) is 11.1. The summed E-state index contributed by atoms with van der Waals surface area (Å²) >= 11 is 0. The summed E-state index contributed by atoms with van der Waals surface area (Å²) in [6.45, 7) is 0. The van der Waals surface area contributed by atoms with Crippen LogP contribution in [0.15, 0.2) is 54.7 Å². The molecule has 0 bridgehead atoms. The van der Waals surface area contributed by atoms with Gasteiger partial charge in [-0.3, -0.25) is 19.6 Å². The summed E-state index contributed by atoms with van der Waals surface area (Å²) in [6, 6.07) is 11.0. The lowest BCUT2D eigenvalue weighted by molar-refractivity contribution is -0.123. The zero-order valence-electron chi connectivity index (χ0n) is 19.1. The first-order valence-corrected chi connectivity index (χ1v) is 11.1. The predicted molar refractivity (Wildman–Crippen MR) is 124 cm³/mol. The molecule has 1 aliphatic carbocycles. The maximum Gasteiger partial charge on any atom is 0.277 e. The van der Waals surface area contributed by atoms with Gasteiger partial charge in [0.1, 0.15) is 17.6 Å². The number of nitrogens with one attached hydrogen (secondary N) is 2. The van der Waals surface area contributed by atoms with Crippen molar-refractivity contribution in [2.75, 3.05) is 19.1 Å². The summed E-state index contributed by atoms with van der Waals surface area (Å²) in [7, 11) is 3.02. The van der Waals surface area contributed by atoms with Crippen molar-refractivity contribution >= 4 is 17.5 Å². The molecule has 3 aromatic rings. The lowest BCUT2D eigenvalue weighted by atomic mass is 10.0. The normalized spacial score (nSPS) is 14.4. The molecule has 1 fully saturated rings. The summed E-state index contributed by atoms with van der Waals surface area (Å²) in [5.74, 6) is -0.348. The monoisotopic (exact) mass is 466 g/mol. The smallest absolute Gasteiger partial charge is 0.277 e. The van der Waals surface area contributed by atoms with Crippen LogP contribution in [0.1, 0.15) is 47.8 Å². The molecule has 0 radical (unpaired) electrons. The first-order chi connectivity index (χ1) is 16.5. The van der Waals surface area contributed by atoms with Crippen LogP contribution in [-0.2, 0) is 4.79 Å². The van der Waals surface area contributed by atoms with Crippen LogP contribution in [0.4, 0.5) is 10.1 Å². The van der Waals surface area contributed by atoms with Crippen LogP contribution in [0.2, 0.25) is 0 Å². The quantitative estimate of drug-likeness (QED) is 0.523. The molecule has 1 aliphatic rings. The molecule has 2 aromatic carbocycles. The van der Waals surface area contributed by atoms with E-state index in [1.54, 1.807) is 18.2 Å². The number of carbonyl (C=O) groups is 2. The van der Waals surface area contributed by atoms with E-state index in [-0.39, 0.29) is 17.6 Å². The average molecular weight is 467 g/mol. The average Bonchev–Trinajstić information content (AvgIpc) is 3.57. The van der Waals surface area contributed by atoms with Gasteiger partial charge in [0.05, 0.1) is 14.2 Å². The fraction of sp³-hybridized carbons (Fsp3) is 0.320. The van der Waals surface area contributed by atoms with Gasteiger partial charge in [-0.15, -0.1) is 0 Å². The van der Waals surface area contributed by atoms with Gasteiger partial charge in [-0.05, 0) is 60.9 Å². The van der Waals surface area contributed by atoms with Crippen LogP contribution in [0.25, 0.3) is 0 Å². The SMILES string of the molecule is COc1ccc([C@@H](C(=O)NC2CCCC2)N(C(=O)c2ccn[nH]2)c2ccc(F)cc2)cc1OC. The minimum Gasteiger partial charge on any atom is -0.493 e. The van der Waals surface area contributed by atoms with Gasteiger partial charge >= 0.3 is 0 Å². The van der Waals surface area contributed by atoms with Gasteiger partial charge in [0.25, 0.3) is 5.91 Å². The number of ether oxygens (including phenoxy) is 2. The maximum absolute atomic E-state index is 13.7. The van der Waals surface area contributed by atoms with Crippen molar-refractivity contribution in [3.05, 3.63) is 71.8 Å². The van der Waals surface area contributed by atoms with Gasteiger partial charge in [0.2, 0.25) is 5.91 Å². The van der Waals surface area contributed by atoms with Gasteiger partial charge in [0, 0.05) is 17.9 Å². The lowest BCUT2D eigenvalue weighted by Crippen LogP contribution is -2.46. The number of hydrogen-bond acceptors (Lipinski definition) is 5. The van der Waals surface area contributed by atoms with Crippen molar-refractivity contribution in [1.82, 2.24) is 15.5 Å². The molecule has 1 saturated carbocycles. The number of halogens is 1. The second kappa shape index (κ2) is 10.4. The van der Waals surface area contributed by atoms with E-state index in [4.69, 9.17) is 9.47 Å². The van der Waals surface area contributed by atoms with Gasteiger partial charge in [-0.1, -0.05) is 18.9 Å². The van der Waals surface area contributed by atoms with Gasteiger partial charge in [-0.25, -0.2) is 4.39 Å². The molecule has 0 saturated heterocycles. The number of benzene rings is 2. The van der Waals surface area contributed by atoms with Crippen LogP contribution >= 0.6 is 0 Å². The molecule has 1 aromatic heterocycles. The van der Waals surface area contributed by atoms with Gasteiger partial charge in [-0.2, -0.15) is 5.10 Å². The van der Waals surface area contributed by atoms with Crippen molar-refractivity contribution in [3.63, 3.8) is 0 Å². The van der Waals surface area contributed by atoms with E-state index in [0.717, 1.165) is 25.7 Å². The van der Waals surface area contributed by atoms with E-state index in [1.165, 1.54) is 55.6 Å². The molecule has 8 nitrogen and oxygen atoms in total. The Balaban J connectivity index is 1.84. The largest absolute Gasteiger partial charge is 0.493 e. The number of amides is 2. The number of anilines is 1. The molecule has 1 heterocycles. The summed E-state index contributed by atoms with van der Waals surface area (Å²) < 4.78 is 24.5. The van der Waals surface area contributed by atoms with Crippen molar-refractivity contribution in [3.8, 4) is 11.5 Å². The van der Waals surface area contributed by atoms with Crippen LogP contribution in [0.5, 0.6) is 11.5 Å². The molecular formula is C25H27FN4O4. The number of methoxy groups -OCH3 is 2. The number of nitrogens with zero attached hydrogens (tertiary/aromatic N) is 2. The van der Waals surface area contributed by atoms with E-state index in [1.807, 2.05) is 0 Å². The van der Waals surface area contributed by atoms with Crippen LogP contribution in [0.3, 0.4) is 0 Å². The van der Waals surface area contributed by atoms with Crippen LogP contribution < -0.4 is 19.7 Å². The molecule has 178 valence electrons. The Bertz CT molecular complexity index is 1130. The Kier molecular flexibility index (Phi) is 7.10. The van der Waals surface area contributed by atoms with Crippen molar-refractivity contribution in [2.45, 2.75) is 37.8 Å². The molecule has 2 N–H and O–H groups in total. The second-order valence-electron chi connectivity index (χ2n) is 8.13. The highest BCUT2D eigenvalue weighted by atomic mass is 19.1. The number of H-pyrrole nitrogens is 1. The molecule has 0 unspecified atom stereocenters. The molecule has 4 rings (SSSR count). The summed E-state index contributed by atoms with van der Waals surface area (Å²) in [6.07, 6.45) is 5.31. The molecule has 1 atom stereocenters. The fourth-order valence-corrected chi connectivity index (χ4v) is 4.28.